The lowest BCUT2D eigenvalue weighted by atomic mass is 9.67. The molecule has 0 N–H and O–H groups in total. The molecule has 196 valence electrons. The molecule has 2 unspecified atom stereocenters. The molecule has 1 aliphatic carbocycles. The van der Waals surface area contributed by atoms with E-state index in [1.807, 2.05) is 0 Å². The number of allylic oxidation sites excluding steroid dienone is 2. The fraction of sp³-hybridized carbons (Fsp3) is 0.621. The van der Waals surface area contributed by atoms with Crippen molar-refractivity contribution >= 4 is 17.8 Å². The average Bonchev–Trinajstić information content (AvgIpc) is 3.13. The molecule has 0 aromatic heterocycles. The third-order valence-corrected chi connectivity index (χ3v) is 7.60. The molecule has 0 radical (unpaired) electrons. The van der Waals surface area contributed by atoms with Crippen LogP contribution in [0.15, 0.2) is 23.8 Å². The molecule has 2 heterocycles. The highest BCUT2D eigenvalue weighted by Gasteiger charge is 2.46. The summed E-state index contributed by atoms with van der Waals surface area (Å²) in [5.41, 5.74) is 3.48. The second-order valence-corrected chi connectivity index (χ2v) is 10.9. The van der Waals surface area contributed by atoms with E-state index in [1.54, 1.807) is 0 Å². The van der Waals surface area contributed by atoms with Gasteiger partial charge < -0.3 is 14.3 Å². The number of unbranched alkanes of at least 4 members (excludes halogenated alkanes) is 2. The summed E-state index contributed by atoms with van der Waals surface area (Å²) in [4.78, 5) is 40.5. The number of imide groups is 1. The second kappa shape index (κ2) is 11.1. The molecule has 3 aliphatic rings. The smallest absolute Gasteiger partial charge is 0.333 e. The standard InChI is InChI=1S/C29H39NO6/c1-5-6-7-9-20-17-23(34-15-8-10-27(33)36-30-25(31)13-14-26(30)32)28-21-16-19(2)11-12-22(21)29(3,4)35-24(28)18-20/h11,17-18,21-22H,5-10,12-16H2,1-4H3. The molecule has 0 bridgehead atoms. The van der Waals surface area contributed by atoms with E-state index in [-0.39, 0.29) is 24.9 Å². The van der Waals surface area contributed by atoms with Crippen LogP contribution in [-0.2, 0) is 25.6 Å². The fourth-order valence-corrected chi connectivity index (χ4v) is 5.65. The first-order valence-corrected chi connectivity index (χ1v) is 13.4. The SMILES string of the molecule is CCCCCc1cc(OCCCC(=O)ON2C(=O)CCC2=O)c2c(c1)OC(C)(C)C1CC=C(C)CC21. The van der Waals surface area contributed by atoms with Crippen LogP contribution in [0.4, 0.5) is 0 Å². The Morgan fingerprint density at radius 1 is 1.14 bits per heavy atom. The van der Waals surface area contributed by atoms with Gasteiger partial charge >= 0.3 is 5.97 Å². The maximum Gasteiger partial charge on any atom is 0.333 e. The fourth-order valence-electron chi connectivity index (χ4n) is 5.65. The highest BCUT2D eigenvalue weighted by Crippen LogP contribution is 2.54. The first-order chi connectivity index (χ1) is 17.2. The molecule has 4 rings (SSSR count). The number of hydroxylamine groups is 2. The van der Waals surface area contributed by atoms with Crippen molar-refractivity contribution in [3.05, 3.63) is 34.9 Å². The van der Waals surface area contributed by atoms with E-state index in [2.05, 4.69) is 45.9 Å². The van der Waals surface area contributed by atoms with Crippen LogP contribution in [0.2, 0.25) is 0 Å². The van der Waals surface area contributed by atoms with E-state index in [1.165, 1.54) is 17.6 Å². The molecule has 2 aliphatic heterocycles. The van der Waals surface area contributed by atoms with Gasteiger partial charge in [0.25, 0.3) is 11.8 Å². The van der Waals surface area contributed by atoms with Gasteiger partial charge in [0.1, 0.15) is 17.1 Å². The van der Waals surface area contributed by atoms with Crippen LogP contribution in [0.1, 0.15) is 103 Å². The zero-order chi connectivity index (χ0) is 25.9. The Hall–Kier alpha value is -2.83. The van der Waals surface area contributed by atoms with Crippen LogP contribution in [0.5, 0.6) is 11.5 Å². The molecule has 7 heteroatoms. The number of carbonyl (C=O) groups is 3. The Morgan fingerprint density at radius 2 is 1.89 bits per heavy atom. The van der Waals surface area contributed by atoms with Gasteiger partial charge in [0.2, 0.25) is 0 Å². The van der Waals surface area contributed by atoms with E-state index < -0.39 is 17.8 Å². The molecule has 1 aromatic rings. The predicted octanol–water partition coefficient (Wildman–Crippen LogP) is 5.80. The Balaban J connectivity index is 1.48. The van der Waals surface area contributed by atoms with Crippen molar-refractivity contribution in [2.45, 2.75) is 103 Å². The Kier molecular flexibility index (Phi) is 8.06. The van der Waals surface area contributed by atoms with Crippen LogP contribution >= 0.6 is 0 Å². The molecule has 7 nitrogen and oxygen atoms in total. The summed E-state index contributed by atoms with van der Waals surface area (Å²) in [5, 5.41) is 0.595. The van der Waals surface area contributed by atoms with Gasteiger partial charge in [0.05, 0.1) is 13.0 Å². The predicted molar refractivity (Wildman–Crippen MR) is 136 cm³/mol. The summed E-state index contributed by atoms with van der Waals surface area (Å²) in [6.45, 7) is 9.10. The van der Waals surface area contributed by atoms with Crippen molar-refractivity contribution in [1.82, 2.24) is 5.06 Å². The maximum atomic E-state index is 12.2. The lowest BCUT2D eigenvalue weighted by Gasteiger charge is -2.47. The number of aryl methyl sites for hydroxylation is 1. The molecule has 0 spiro atoms. The van der Waals surface area contributed by atoms with Crippen molar-refractivity contribution in [3.63, 3.8) is 0 Å². The molecule has 1 saturated heterocycles. The van der Waals surface area contributed by atoms with Crippen LogP contribution in [-0.4, -0.2) is 35.1 Å². The number of hydrogen-bond acceptors (Lipinski definition) is 6. The van der Waals surface area contributed by atoms with E-state index >= 15 is 0 Å². The topological polar surface area (TPSA) is 82.1 Å². The summed E-state index contributed by atoms with van der Waals surface area (Å²) in [6, 6.07) is 4.35. The minimum atomic E-state index is -0.601. The van der Waals surface area contributed by atoms with Crippen molar-refractivity contribution in [3.8, 4) is 11.5 Å². The molecule has 2 atom stereocenters. The molecule has 1 aromatic carbocycles. The first-order valence-electron chi connectivity index (χ1n) is 13.4. The quantitative estimate of drug-likeness (QED) is 0.231. The third kappa shape index (κ3) is 5.76. The zero-order valence-corrected chi connectivity index (χ0v) is 22.1. The number of benzene rings is 1. The van der Waals surface area contributed by atoms with Crippen LogP contribution in [0.3, 0.4) is 0 Å². The summed E-state index contributed by atoms with van der Waals surface area (Å²) in [7, 11) is 0. The summed E-state index contributed by atoms with van der Waals surface area (Å²) in [6.07, 6.45) is 9.39. The van der Waals surface area contributed by atoms with Gasteiger partial charge in [-0.15, -0.1) is 5.06 Å². The highest BCUT2D eigenvalue weighted by molar-refractivity contribution is 6.01. The number of ether oxygens (including phenoxy) is 2. The summed E-state index contributed by atoms with van der Waals surface area (Å²) in [5.74, 6) is 0.924. The van der Waals surface area contributed by atoms with Crippen LogP contribution in [0, 0.1) is 5.92 Å². The minimum absolute atomic E-state index is 0.0624. The Labute approximate surface area is 214 Å². The molecular formula is C29H39NO6. The van der Waals surface area contributed by atoms with E-state index in [0.717, 1.165) is 49.2 Å². The van der Waals surface area contributed by atoms with E-state index in [4.69, 9.17) is 14.3 Å². The van der Waals surface area contributed by atoms with Gasteiger partial charge in [-0.05, 0) is 70.6 Å². The first kappa shape index (κ1) is 26.2. The van der Waals surface area contributed by atoms with Gasteiger partial charge in [0, 0.05) is 30.2 Å². The van der Waals surface area contributed by atoms with Gasteiger partial charge in [-0.3, -0.25) is 9.59 Å². The highest BCUT2D eigenvalue weighted by atomic mass is 16.7. The molecule has 36 heavy (non-hydrogen) atoms. The Bertz CT molecular complexity index is 1030. The van der Waals surface area contributed by atoms with Crippen molar-refractivity contribution < 1.29 is 28.7 Å². The summed E-state index contributed by atoms with van der Waals surface area (Å²) >= 11 is 0. The van der Waals surface area contributed by atoms with Gasteiger partial charge in [-0.25, -0.2) is 4.79 Å². The van der Waals surface area contributed by atoms with Crippen LogP contribution < -0.4 is 9.47 Å². The van der Waals surface area contributed by atoms with Gasteiger partial charge in [-0.1, -0.05) is 31.4 Å². The van der Waals surface area contributed by atoms with Crippen molar-refractivity contribution in [1.29, 1.82) is 0 Å². The number of fused-ring (bicyclic) bond motifs is 3. The average molecular weight is 498 g/mol. The number of carbonyl (C=O) groups excluding carboxylic acids is 3. The van der Waals surface area contributed by atoms with Gasteiger partial charge in [-0.2, -0.15) is 0 Å². The number of hydrogen-bond donors (Lipinski definition) is 0. The molecule has 2 amide bonds. The third-order valence-electron chi connectivity index (χ3n) is 7.60. The summed E-state index contributed by atoms with van der Waals surface area (Å²) < 4.78 is 12.9. The normalized spacial score (nSPS) is 22.4. The maximum absolute atomic E-state index is 12.2. The molecular weight excluding hydrogens is 458 g/mol. The zero-order valence-electron chi connectivity index (χ0n) is 22.1. The minimum Gasteiger partial charge on any atom is -0.493 e. The van der Waals surface area contributed by atoms with Crippen molar-refractivity contribution in [2.75, 3.05) is 6.61 Å². The molecule has 1 fully saturated rings. The van der Waals surface area contributed by atoms with Crippen molar-refractivity contribution in [2.24, 2.45) is 5.92 Å². The monoisotopic (exact) mass is 497 g/mol. The largest absolute Gasteiger partial charge is 0.493 e. The van der Waals surface area contributed by atoms with Gasteiger partial charge in [0.15, 0.2) is 0 Å². The number of amides is 2. The van der Waals surface area contributed by atoms with E-state index in [0.29, 0.717) is 29.9 Å². The van der Waals surface area contributed by atoms with Crippen LogP contribution in [0.25, 0.3) is 0 Å². The second-order valence-electron chi connectivity index (χ2n) is 10.9. The number of nitrogens with zero attached hydrogens (tertiary/aromatic N) is 1. The lowest BCUT2D eigenvalue weighted by Crippen LogP contribution is -2.45. The molecule has 0 saturated carbocycles. The Morgan fingerprint density at radius 3 is 2.61 bits per heavy atom. The number of rotatable bonds is 10. The van der Waals surface area contributed by atoms with E-state index in [9.17, 15) is 14.4 Å². The lowest BCUT2D eigenvalue weighted by molar-refractivity contribution is -0.197.